The molecule has 27 heavy (non-hydrogen) atoms. The second-order valence-electron chi connectivity index (χ2n) is 8.72. The van der Waals surface area contributed by atoms with Crippen molar-refractivity contribution in [1.29, 1.82) is 0 Å². The molecule has 146 valence electrons. The SMILES string of the molecule is C[C@@H](OC(=O)CCC(=O)c1cccs1)C(=O)NC12CC3CC(CC(C3)C1)C2. The van der Waals surface area contributed by atoms with Gasteiger partial charge in [0.05, 0.1) is 11.3 Å². The maximum Gasteiger partial charge on any atom is 0.307 e. The molecule has 4 aliphatic rings. The van der Waals surface area contributed by atoms with Crippen molar-refractivity contribution in [3.05, 3.63) is 22.4 Å². The van der Waals surface area contributed by atoms with Crippen LogP contribution in [0.25, 0.3) is 0 Å². The first-order chi connectivity index (χ1) is 12.9. The van der Waals surface area contributed by atoms with Gasteiger partial charge in [0.25, 0.3) is 5.91 Å². The van der Waals surface area contributed by atoms with Crippen LogP contribution in [0.15, 0.2) is 17.5 Å². The van der Waals surface area contributed by atoms with E-state index in [1.54, 1.807) is 13.0 Å². The highest BCUT2D eigenvalue weighted by Crippen LogP contribution is 2.55. The Hall–Kier alpha value is -1.69. The van der Waals surface area contributed by atoms with E-state index < -0.39 is 12.1 Å². The summed E-state index contributed by atoms with van der Waals surface area (Å²) in [5.41, 5.74) is -0.0817. The largest absolute Gasteiger partial charge is 0.453 e. The monoisotopic (exact) mass is 389 g/mol. The molecule has 0 saturated heterocycles. The molecular formula is C21H27NO4S. The van der Waals surface area contributed by atoms with E-state index in [0.717, 1.165) is 37.0 Å². The van der Waals surface area contributed by atoms with Crippen molar-refractivity contribution in [3.8, 4) is 0 Å². The Morgan fingerprint density at radius 2 is 1.78 bits per heavy atom. The highest BCUT2D eigenvalue weighted by molar-refractivity contribution is 7.12. The molecule has 1 amide bonds. The second kappa shape index (κ2) is 7.38. The van der Waals surface area contributed by atoms with Gasteiger partial charge in [0.2, 0.25) is 0 Å². The lowest BCUT2D eigenvalue weighted by Crippen LogP contribution is -2.61. The predicted octanol–water partition coefficient (Wildman–Crippen LogP) is 3.73. The molecule has 4 aliphatic carbocycles. The van der Waals surface area contributed by atoms with E-state index in [0.29, 0.717) is 4.88 Å². The number of esters is 1. The predicted molar refractivity (Wildman–Crippen MR) is 102 cm³/mol. The molecule has 5 rings (SSSR count). The topological polar surface area (TPSA) is 72.5 Å². The number of carbonyl (C=O) groups is 3. The van der Waals surface area contributed by atoms with Crippen LogP contribution in [0.2, 0.25) is 0 Å². The van der Waals surface area contributed by atoms with Gasteiger partial charge in [0.15, 0.2) is 11.9 Å². The van der Waals surface area contributed by atoms with E-state index in [9.17, 15) is 14.4 Å². The van der Waals surface area contributed by atoms with Crippen molar-refractivity contribution in [3.63, 3.8) is 0 Å². The van der Waals surface area contributed by atoms with Crippen molar-refractivity contribution >= 4 is 29.0 Å². The first-order valence-corrected chi connectivity index (χ1v) is 10.9. The lowest BCUT2D eigenvalue weighted by atomic mass is 9.53. The van der Waals surface area contributed by atoms with E-state index in [4.69, 9.17) is 4.74 Å². The normalized spacial score (nSPS) is 32.1. The number of nitrogens with one attached hydrogen (secondary N) is 1. The number of ketones is 1. The van der Waals surface area contributed by atoms with Crippen LogP contribution in [-0.2, 0) is 14.3 Å². The van der Waals surface area contributed by atoms with Gasteiger partial charge in [-0.3, -0.25) is 14.4 Å². The molecule has 4 fully saturated rings. The summed E-state index contributed by atoms with van der Waals surface area (Å²) < 4.78 is 5.29. The Kier molecular flexibility index (Phi) is 5.10. The lowest BCUT2D eigenvalue weighted by molar-refractivity contribution is -0.156. The molecule has 1 aromatic heterocycles. The summed E-state index contributed by atoms with van der Waals surface area (Å²) in [6.07, 6.45) is 6.46. The third-order valence-electron chi connectivity index (χ3n) is 6.46. The fourth-order valence-electron chi connectivity index (χ4n) is 5.71. The average Bonchev–Trinajstić information content (AvgIpc) is 3.12. The van der Waals surface area contributed by atoms with Crippen molar-refractivity contribution in [2.75, 3.05) is 0 Å². The Morgan fingerprint density at radius 3 is 2.33 bits per heavy atom. The van der Waals surface area contributed by atoms with Crippen LogP contribution in [0.1, 0.15) is 68.0 Å². The van der Waals surface area contributed by atoms with Gasteiger partial charge in [-0.2, -0.15) is 0 Å². The molecule has 1 atom stereocenters. The fourth-order valence-corrected chi connectivity index (χ4v) is 6.41. The Balaban J connectivity index is 1.25. The van der Waals surface area contributed by atoms with Crippen LogP contribution < -0.4 is 5.32 Å². The minimum Gasteiger partial charge on any atom is -0.453 e. The molecule has 5 nitrogen and oxygen atoms in total. The van der Waals surface area contributed by atoms with Gasteiger partial charge in [-0.1, -0.05) is 6.07 Å². The van der Waals surface area contributed by atoms with Crippen molar-refractivity contribution in [2.24, 2.45) is 17.8 Å². The number of hydrogen-bond acceptors (Lipinski definition) is 5. The average molecular weight is 390 g/mol. The molecule has 4 saturated carbocycles. The van der Waals surface area contributed by atoms with Gasteiger partial charge in [-0.25, -0.2) is 0 Å². The van der Waals surface area contributed by atoms with E-state index in [1.807, 2.05) is 11.4 Å². The van der Waals surface area contributed by atoms with E-state index in [2.05, 4.69) is 5.32 Å². The van der Waals surface area contributed by atoms with Crippen LogP contribution in [0.5, 0.6) is 0 Å². The fraction of sp³-hybridized carbons (Fsp3) is 0.667. The number of amides is 1. The number of thiophene rings is 1. The molecule has 0 spiro atoms. The molecule has 0 unspecified atom stereocenters. The summed E-state index contributed by atoms with van der Waals surface area (Å²) in [4.78, 5) is 37.3. The van der Waals surface area contributed by atoms with Crippen LogP contribution >= 0.6 is 11.3 Å². The third-order valence-corrected chi connectivity index (χ3v) is 7.37. The van der Waals surface area contributed by atoms with Crippen LogP contribution in [-0.4, -0.2) is 29.3 Å². The number of Topliss-reactive ketones (excluding diaryl/α,β-unsaturated/α-hetero) is 1. The summed E-state index contributed by atoms with van der Waals surface area (Å²) in [5.74, 6) is 1.49. The van der Waals surface area contributed by atoms with Crippen molar-refractivity contribution in [2.45, 2.75) is 69.9 Å². The number of ether oxygens (including phenoxy) is 1. The molecular weight excluding hydrogens is 362 g/mol. The summed E-state index contributed by atoms with van der Waals surface area (Å²) in [6.45, 7) is 1.62. The Bertz CT molecular complexity index is 691. The molecule has 1 heterocycles. The zero-order valence-corrected chi connectivity index (χ0v) is 16.6. The minimum atomic E-state index is -0.817. The zero-order valence-electron chi connectivity index (χ0n) is 15.7. The molecule has 4 bridgehead atoms. The summed E-state index contributed by atoms with van der Waals surface area (Å²) >= 11 is 1.37. The van der Waals surface area contributed by atoms with Gasteiger partial charge >= 0.3 is 5.97 Å². The maximum atomic E-state index is 12.6. The second-order valence-corrected chi connectivity index (χ2v) is 9.67. The Morgan fingerprint density at radius 1 is 1.15 bits per heavy atom. The molecule has 0 radical (unpaired) electrons. The number of rotatable bonds is 7. The number of carbonyl (C=O) groups excluding carboxylic acids is 3. The van der Waals surface area contributed by atoms with Crippen LogP contribution in [0, 0.1) is 17.8 Å². The summed E-state index contributed by atoms with van der Waals surface area (Å²) in [6, 6.07) is 3.56. The molecule has 0 aromatic carbocycles. The van der Waals surface area contributed by atoms with Gasteiger partial charge in [-0.15, -0.1) is 11.3 Å². The highest BCUT2D eigenvalue weighted by Gasteiger charge is 2.51. The van der Waals surface area contributed by atoms with E-state index in [-0.39, 0.29) is 30.1 Å². The summed E-state index contributed by atoms with van der Waals surface area (Å²) in [7, 11) is 0. The van der Waals surface area contributed by atoms with E-state index >= 15 is 0 Å². The standard InChI is InChI=1S/C21H27NO4S/c1-13(26-19(24)5-4-17(23)18-3-2-6-27-18)20(25)22-21-10-14-7-15(11-21)9-16(8-14)12-21/h2-3,6,13-16H,4-5,7-12H2,1H3,(H,22,25)/t13-,14?,15?,16?,21?/m1/s1. The van der Waals surface area contributed by atoms with Crippen LogP contribution in [0.3, 0.4) is 0 Å². The molecule has 1 N–H and O–H groups in total. The molecule has 0 aliphatic heterocycles. The highest BCUT2D eigenvalue weighted by atomic mass is 32.1. The Labute approximate surface area is 163 Å². The van der Waals surface area contributed by atoms with Gasteiger partial charge in [0, 0.05) is 12.0 Å². The smallest absolute Gasteiger partial charge is 0.307 e. The molecule has 6 heteroatoms. The first kappa shape index (κ1) is 18.7. The van der Waals surface area contributed by atoms with Gasteiger partial charge < -0.3 is 10.1 Å². The van der Waals surface area contributed by atoms with Crippen LogP contribution in [0.4, 0.5) is 0 Å². The number of hydrogen-bond donors (Lipinski definition) is 1. The van der Waals surface area contributed by atoms with Crippen molar-refractivity contribution in [1.82, 2.24) is 5.32 Å². The zero-order chi connectivity index (χ0) is 19.0. The molecule has 1 aromatic rings. The maximum absolute atomic E-state index is 12.6. The third kappa shape index (κ3) is 4.10. The van der Waals surface area contributed by atoms with Gasteiger partial charge in [-0.05, 0) is 74.6 Å². The summed E-state index contributed by atoms with van der Waals surface area (Å²) in [5, 5.41) is 5.07. The minimum absolute atomic E-state index is 0.00567. The first-order valence-electron chi connectivity index (χ1n) is 10.0. The van der Waals surface area contributed by atoms with E-state index in [1.165, 1.54) is 30.6 Å². The van der Waals surface area contributed by atoms with Gasteiger partial charge in [0.1, 0.15) is 0 Å². The lowest BCUT2D eigenvalue weighted by Gasteiger charge is -2.57. The van der Waals surface area contributed by atoms with Crippen molar-refractivity contribution < 1.29 is 19.1 Å². The quantitative estimate of drug-likeness (QED) is 0.570.